The zero-order chi connectivity index (χ0) is 14.8. The van der Waals surface area contributed by atoms with Crippen molar-refractivity contribution in [3.05, 3.63) is 30.0 Å². The fraction of sp³-hybridized carbons (Fsp3) is 0.333. The lowest BCUT2D eigenvalue weighted by Crippen LogP contribution is -2.24. The third kappa shape index (κ3) is 2.69. The minimum Gasteiger partial charge on any atom is -0.493 e. The zero-order valence-electron chi connectivity index (χ0n) is 11.5. The number of carboxylic acids is 1. The molecule has 1 N–H and O–H groups in total. The number of rotatable bonds is 5. The van der Waals surface area contributed by atoms with Crippen LogP contribution in [-0.2, 0) is 0 Å². The van der Waals surface area contributed by atoms with Gasteiger partial charge in [-0.2, -0.15) is 0 Å². The summed E-state index contributed by atoms with van der Waals surface area (Å²) < 4.78 is 15.9. The largest absolute Gasteiger partial charge is 0.493 e. The van der Waals surface area contributed by atoms with E-state index in [0.29, 0.717) is 22.8 Å². The van der Waals surface area contributed by atoms with Gasteiger partial charge >= 0.3 is 5.97 Å². The van der Waals surface area contributed by atoms with E-state index in [1.807, 2.05) is 6.07 Å². The number of ether oxygens (including phenoxy) is 2. The minimum absolute atomic E-state index is 0.196. The highest BCUT2D eigenvalue weighted by Crippen LogP contribution is 2.35. The number of nitrogens with zero attached hydrogens (tertiary/aromatic N) is 1. The lowest BCUT2D eigenvalue weighted by atomic mass is 9.96. The van der Waals surface area contributed by atoms with E-state index in [0.717, 1.165) is 12.8 Å². The molecular formula is C15H15NO5. The molecule has 0 radical (unpaired) electrons. The number of hydrogen-bond acceptors (Lipinski definition) is 5. The number of carbonyl (C=O) groups is 1. The summed E-state index contributed by atoms with van der Waals surface area (Å²) in [5.41, 5.74) is 1.16. The van der Waals surface area contributed by atoms with Crippen LogP contribution in [0.1, 0.15) is 29.8 Å². The van der Waals surface area contributed by atoms with Gasteiger partial charge in [-0.1, -0.05) is 5.16 Å². The van der Waals surface area contributed by atoms with Gasteiger partial charge in [-0.25, -0.2) is 4.79 Å². The number of hydrogen-bond donors (Lipinski definition) is 1. The molecule has 1 aromatic heterocycles. The molecule has 1 aliphatic carbocycles. The summed E-state index contributed by atoms with van der Waals surface area (Å²) in [6, 6.07) is 6.75. The van der Waals surface area contributed by atoms with Crippen LogP contribution in [0.25, 0.3) is 11.3 Å². The molecule has 0 amide bonds. The van der Waals surface area contributed by atoms with Crippen LogP contribution in [0.3, 0.4) is 0 Å². The van der Waals surface area contributed by atoms with Crippen LogP contribution in [0.2, 0.25) is 0 Å². The first-order chi connectivity index (χ1) is 10.2. The van der Waals surface area contributed by atoms with Crippen molar-refractivity contribution in [2.75, 3.05) is 7.11 Å². The molecule has 6 nitrogen and oxygen atoms in total. The van der Waals surface area contributed by atoms with Gasteiger partial charge in [0.25, 0.3) is 0 Å². The Kier molecular flexibility index (Phi) is 3.51. The normalized spacial score (nSPS) is 14.5. The number of benzene rings is 1. The second kappa shape index (κ2) is 5.47. The predicted molar refractivity (Wildman–Crippen MR) is 73.7 cm³/mol. The van der Waals surface area contributed by atoms with E-state index in [1.165, 1.54) is 12.5 Å². The second-order valence-corrected chi connectivity index (χ2v) is 4.92. The van der Waals surface area contributed by atoms with Crippen molar-refractivity contribution in [2.24, 2.45) is 0 Å². The SMILES string of the molecule is COc1cc(-c2cc(C(=O)O)on2)ccc1OC1CCC1. The third-order valence-corrected chi connectivity index (χ3v) is 3.53. The summed E-state index contributed by atoms with van der Waals surface area (Å²) in [4.78, 5) is 10.8. The Balaban J connectivity index is 1.86. The van der Waals surface area contributed by atoms with Gasteiger partial charge in [0.1, 0.15) is 5.69 Å². The van der Waals surface area contributed by atoms with Gasteiger partial charge in [0.15, 0.2) is 11.5 Å². The van der Waals surface area contributed by atoms with E-state index >= 15 is 0 Å². The van der Waals surface area contributed by atoms with Gasteiger partial charge in [0, 0.05) is 11.6 Å². The highest BCUT2D eigenvalue weighted by molar-refractivity contribution is 5.85. The molecular weight excluding hydrogens is 274 g/mol. The van der Waals surface area contributed by atoms with Crippen LogP contribution in [0.5, 0.6) is 11.5 Å². The van der Waals surface area contributed by atoms with Gasteiger partial charge in [0.2, 0.25) is 5.76 Å². The highest BCUT2D eigenvalue weighted by atomic mass is 16.5. The first-order valence-corrected chi connectivity index (χ1v) is 6.72. The summed E-state index contributed by atoms with van der Waals surface area (Å²) in [6.07, 6.45) is 3.59. The maximum Gasteiger partial charge on any atom is 0.374 e. The van der Waals surface area contributed by atoms with Crippen LogP contribution < -0.4 is 9.47 Å². The first kappa shape index (κ1) is 13.5. The fourth-order valence-electron chi connectivity index (χ4n) is 2.10. The number of aromatic nitrogens is 1. The number of methoxy groups -OCH3 is 1. The average Bonchev–Trinajstić information content (AvgIpc) is 2.92. The molecule has 0 spiro atoms. The topological polar surface area (TPSA) is 81.8 Å². The summed E-state index contributed by atoms with van der Waals surface area (Å²) in [7, 11) is 1.57. The van der Waals surface area contributed by atoms with Gasteiger partial charge in [0.05, 0.1) is 13.2 Å². The molecule has 0 atom stereocenters. The van der Waals surface area contributed by atoms with Gasteiger partial charge in [-0.3, -0.25) is 0 Å². The van der Waals surface area contributed by atoms with E-state index in [1.54, 1.807) is 19.2 Å². The van der Waals surface area contributed by atoms with Crippen molar-refractivity contribution in [3.63, 3.8) is 0 Å². The Labute approximate surface area is 121 Å². The molecule has 0 unspecified atom stereocenters. The lowest BCUT2D eigenvalue weighted by molar-refractivity contribution is 0.0652. The molecule has 0 aliphatic heterocycles. The van der Waals surface area contributed by atoms with Crippen molar-refractivity contribution >= 4 is 5.97 Å². The van der Waals surface area contributed by atoms with Crippen LogP contribution in [-0.4, -0.2) is 29.4 Å². The molecule has 6 heteroatoms. The minimum atomic E-state index is -1.15. The van der Waals surface area contributed by atoms with Gasteiger partial charge in [-0.05, 0) is 37.5 Å². The highest BCUT2D eigenvalue weighted by Gasteiger charge is 2.21. The Morgan fingerprint density at radius 1 is 1.33 bits per heavy atom. The molecule has 1 aliphatic rings. The quantitative estimate of drug-likeness (QED) is 0.911. The van der Waals surface area contributed by atoms with E-state index in [2.05, 4.69) is 5.16 Å². The van der Waals surface area contributed by atoms with Crippen molar-refractivity contribution < 1.29 is 23.9 Å². The summed E-state index contributed by atoms with van der Waals surface area (Å²) in [6.45, 7) is 0. The Hall–Kier alpha value is -2.50. The van der Waals surface area contributed by atoms with Crippen LogP contribution in [0.15, 0.2) is 28.8 Å². The van der Waals surface area contributed by atoms with E-state index in [4.69, 9.17) is 19.1 Å². The van der Waals surface area contributed by atoms with Crippen LogP contribution in [0, 0.1) is 0 Å². The van der Waals surface area contributed by atoms with E-state index in [-0.39, 0.29) is 11.9 Å². The van der Waals surface area contributed by atoms with Crippen LogP contribution in [0.4, 0.5) is 0 Å². The van der Waals surface area contributed by atoms with Crippen LogP contribution >= 0.6 is 0 Å². The molecule has 21 heavy (non-hydrogen) atoms. The average molecular weight is 289 g/mol. The molecule has 2 aromatic rings. The van der Waals surface area contributed by atoms with Crippen molar-refractivity contribution in [1.29, 1.82) is 0 Å². The Morgan fingerprint density at radius 3 is 2.71 bits per heavy atom. The molecule has 0 saturated heterocycles. The molecule has 1 saturated carbocycles. The second-order valence-electron chi connectivity index (χ2n) is 4.92. The molecule has 0 bridgehead atoms. The van der Waals surface area contributed by atoms with E-state index < -0.39 is 5.97 Å². The standard InChI is InChI=1S/C15H15NO5/c1-19-13-7-9(11-8-14(15(17)18)21-16-11)5-6-12(13)20-10-3-2-4-10/h5-8,10H,2-4H2,1H3,(H,17,18). The van der Waals surface area contributed by atoms with Crippen molar-refractivity contribution in [1.82, 2.24) is 5.16 Å². The van der Waals surface area contributed by atoms with Gasteiger partial charge < -0.3 is 19.1 Å². The first-order valence-electron chi connectivity index (χ1n) is 6.72. The molecule has 1 heterocycles. The molecule has 110 valence electrons. The van der Waals surface area contributed by atoms with E-state index in [9.17, 15) is 4.79 Å². The Morgan fingerprint density at radius 2 is 2.14 bits per heavy atom. The summed E-state index contributed by atoms with van der Waals surface area (Å²) in [5.74, 6) is -0.0587. The molecule has 1 fully saturated rings. The molecule has 3 rings (SSSR count). The zero-order valence-corrected chi connectivity index (χ0v) is 11.5. The summed E-state index contributed by atoms with van der Waals surface area (Å²) in [5, 5.41) is 12.6. The third-order valence-electron chi connectivity index (χ3n) is 3.53. The van der Waals surface area contributed by atoms with Gasteiger partial charge in [-0.15, -0.1) is 0 Å². The predicted octanol–water partition coefficient (Wildman–Crippen LogP) is 2.98. The Bertz CT molecular complexity index is 660. The summed E-state index contributed by atoms with van der Waals surface area (Å²) >= 11 is 0. The molecule has 1 aromatic carbocycles. The smallest absolute Gasteiger partial charge is 0.374 e. The maximum atomic E-state index is 10.8. The number of aromatic carboxylic acids is 1. The monoisotopic (exact) mass is 289 g/mol. The fourth-order valence-corrected chi connectivity index (χ4v) is 2.10. The van der Waals surface area contributed by atoms with Crippen molar-refractivity contribution in [3.8, 4) is 22.8 Å². The lowest BCUT2D eigenvalue weighted by Gasteiger charge is -2.27. The number of carboxylic acid groups (broad SMARTS) is 1. The van der Waals surface area contributed by atoms with Crippen molar-refractivity contribution in [2.45, 2.75) is 25.4 Å². The maximum absolute atomic E-state index is 10.8.